The van der Waals surface area contributed by atoms with Crippen LogP contribution in [0.15, 0.2) is 34.9 Å². The summed E-state index contributed by atoms with van der Waals surface area (Å²) < 4.78 is 47.9. The van der Waals surface area contributed by atoms with E-state index in [2.05, 4.69) is 10.5 Å². The third-order valence-corrected chi connectivity index (χ3v) is 3.22. The minimum Gasteiger partial charge on any atom is -0.449 e. The van der Waals surface area contributed by atoms with E-state index >= 15 is 0 Å². The maximum atomic E-state index is 12.7. The molecule has 0 radical (unpaired) electrons. The Morgan fingerprint density at radius 3 is 2.60 bits per heavy atom. The summed E-state index contributed by atoms with van der Waals surface area (Å²) in [6.07, 6.45) is -5.63. The molecule has 1 heterocycles. The molecule has 2 aromatic rings. The van der Waals surface area contributed by atoms with E-state index in [9.17, 15) is 22.8 Å². The molecule has 9 heteroatoms. The van der Waals surface area contributed by atoms with Gasteiger partial charge < -0.3 is 14.6 Å². The van der Waals surface area contributed by atoms with E-state index < -0.39 is 29.7 Å². The van der Waals surface area contributed by atoms with Gasteiger partial charge >= 0.3 is 12.1 Å². The number of alkyl halides is 3. The van der Waals surface area contributed by atoms with Crippen molar-refractivity contribution in [3.05, 3.63) is 47.2 Å². The molecule has 134 valence electrons. The Balaban J connectivity index is 2.08. The van der Waals surface area contributed by atoms with Crippen molar-refractivity contribution in [2.75, 3.05) is 5.32 Å². The molecule has 0 fully saturated rings. The Hall–Kier alpha value is -2.84. The lowest BCUT2D eigenvalue weighted by atomic mass is 10.1. The topological polar surface area (TPSA) is 81.4 Å². The van der Waals surface area contributed by atoms with Crippen LogP contribution in [-0.4, -0.2) is 23.1 Å². The number of halogens is 3. The highest BCUT2D eigenvalue weighted by molar-refractivity contribution is 5.97. The normalized spacial score (nSPS) is 12.5. The molecule has 0 bridgehead atoms. The van der Waals surface area contributed by atoms with Crippen molar-refractivity contribution >= 4 is 17.7 Å². The first-order valence-electron chi connectivity index (χ1n) is 7.33. The monoisotopic (exact) mass is 356 g/mol. The minimum atomic E-state index is -4.58. The minimum absolute atomic E-state index is 0.132. The second kappa shape index (κ2) is 7.37. The number of esters is 1. The van der Waals surface area contributed by atoms with Gasteiger partial charge in [0.25, 0.3) is 5.91 Å². The third-order valence-electron chi connectivity index (χ3n) is 3.22. The zero-order valence-electron chi connectivity index (χ0n) is 13.4. The van der Waals surface area contributed by atoms with Crippen molar-refractivity contribution in [3.8, 4) is 0 Å². The number of rotatable bonds is 5. The highest BCUT2D eigenvalue weighted by atomic mass is 19.4. The van der Waals surface area contributed by atoms with Gasteiger partial charge in [0.2, 0.25) is 0 Å². The van der Waals surface area contributed by atoms with Gasteiger partial charge in [-0.1, -0.05) is 18.1 Å². The number of aryl methyl sites for hydroxylation is 1. The maximum absolute atomic E-state index is 12.7. The Morgan fingerprint density at radius 1 is 1.32 bits per heavy atom. The maximum Gasteiger partial charge on any atom is 0.416 e. The molecule has 1 unspecified atom stereocenters. The molecular formula is C16H15F3N2O4. The second-order valence-corrected chi connectivity index (χ2v) is 5.19. The van der Waals surface area contributed by atoms with Crippen LogP contribution in [-0.2, 0) is 15.7 Å². The molecule has 0 aliphatic rings. The van der Waals surface area contributed by atoms with Crippen LogP contribution in [0.25, 0.3) is 0 Å². The number of ether oxygens (including phenoxy) is 1. The molecule has 0 aliphatic carbocycles. The summed E-state index contributed by atoms with van der Waals surface area (Å²) >= 11 is 0. The summed E-state index contributed by atoms with van der Waals surface area (Å²) in [6.45, 7) is 3.23. The first-order valence-corrected chi connectivity index (χ1v) is 7.33. The van der Waals surface area contributed by atoms with Crippen molar-refractivity contribution < 1.29 is 32.0 Å². The highest BCUT2D eigenvalue weighted by Gasteiger charge is 2.31. The van der Waals surface area contributed by atoms with Gasteiger partial charge in [0.1, 0.15) is 5.76 Å². The highest BCUT2D eigenvalue weighted by Crippen LogP contribution is 2.29. The molecular weight excluding hydrogens is 341 g/mol. The van der Waals surface area contributed by atoms with Crippen LogP contribution in [0.2, 0.25) is 0 Å². The SMILES string of the molecule is CCC(OC(=O)c1cccc(C(F)(F)F)c1)C(=O)Nc1cc(C)on1. The number of anilines is 1. The number of aromatic nitrogens is 1. The molecule has 1 amide bonds. The van der Waals surface area contributed by atoms with E-state index in [-0.39, 0.29) is 17.8 Å². The molecule has 6 nitrogen and oxygen atoms in total. The van der Waals surface area contributed by atoms with Crippen LogP contribution < -0.4 is 5.32 Å². The van der Waals surface area contributed by atoms with Gasteiger partial charge in [-0.3, -0.25) is 4.79 Å². The predicted octanol–water partition coefficient (Wildman–Crippen LogP) is 3.58. The number of amides is 1. The molecule has 1 aromatic carbocycles. The van der Waals surface area contributed by atoms with E-state index in [1.165, 1.54) is 12.1 Å². The van der Waals surface area contributed by atoms with Crippen LogP contribution in [0, 0.1) is 6.92 Å². The lowest BCUT2D eigenvalue weighted by Crippen LogP contribution is -2.32. The Labute approximate surface area is 140 Å². The standard InChI is InChI=1S/C16H15F3N2O4/c1-3-12(14(22)20-13-7-9(2)25-21-13)24-15(23)10-5-4-6-11(8-10)16(17,18)19/h4-8,12H,3H2,1-2H3,(H,20,21,22). The van der Waals surface area contributed by atoms with Gasteiger partial charge in [0.05, 0.1) is 11.1 Å². The molecule has 0 spiro atoms. The van der Waals surface area contributed by atoms with Crippen molar-refractivity contribution in [3.63, 3.8) is 0 Å². The molecule has 0 saturated heterocycles. The predicted molar refractivity (Wildman–Crippen MR) is 80.8 cm³/mol. The zero-order chi connectivity index (χ0) is 18.6. The van der Waals surface area contributed by atoms with Gasteiger partial charge in [-0.05, 0) is 31.5 Å². The number of nitrogens with one attached hydrogen (secondary N) is 1. The molecule has 25 heavy (non-hydrogen) atoms. The Bertz CT molecular complexity index is 771. The van der Waals surface area contributed by atoms with E-state index in [4.69, 9.17) is 9.26 Å². The fraction of sp³-hybridized carbons (Fsp3) is 0.312. The van der Waals surface area contributed by atoms with Crippen LogP contribution in [0.1, 0.15) is 35.0 Å². The molecule has 1 aromatic heterocycles. The first-order chi connectivity index (χ1) is 11.7. The van der Waals surface area contributed by atoms with Gasteiger partial charge in [-0.2, -0.15) is 13.2 Å². The number of carbonyl (C=O) groups is 2. The number of carbonyl (C=O) groups excluding carboxylic acids is 2. The fourth-order valence-corrected chi connectivity index (χ4v) is 1.97. The average Bonchev–Trinajstić information content (AvgIpc) is 2.96. The zero-order valence-corrected chi connectivity index (χ0v) is 13.4. The summed E-state index contributed by atoms with van der Waals surface area (Å²) in [5.74, 6) is -1.05. The van der Waals surface area contributed by atoms with Crippen molar-refractivity contribution in [1.82, 2.24) is 5.16 Å². The fourth-order valence-electron chi connectivity index (χ4n) is 1.97. The van der Waals surface area contributed by atoms with E-state index in [0.717, 1.165) is 12.1 Å². The molecule has 1 atom stereocenters. The van der Waals surface area contributed by atoms with Gasteiger partial charge in [-0.25, -0.2) is 4.79 Å². The number of hydrogen-bond donors (Lipinski definition) is 1. The smallest absolute Gasteiger partial charge is 0.416 e. The average molecular weight is 356 g/mol. The lowest BCUT2D eigenvalue weighted by Gasteiger charge is -2.15. The number of nitrogens with zero attached hydrogens (tertiary/aromatic N) is 1. The summed E-state index contributed by atoms with van der Waals surface area (Å²) in [6, 6.07) is 5.27. The van der Waals surface area contributed by atoms with E-state index in [1.807, 2.05) is 0 Å². The second-order valence-electron chi connectivity index (χ2n) is 5.19. The van der Waals surface area contributed by atoms with Crippen molar-refractivity contribution in [2.24, 2.45) is 0 Å². The van der Waals surface area contributed by atoms with Crippen molar-refractivity contribution in [2.45, 2.75) is 32.5 Å². The van der Waals surface area contributed by atoms with Crippen LogP contribution in [0.5, 0.6) is 0 Å². The largest absolute Gasteiger partial charge is 0.449 e. The van der Waals surface area contributed by atoms with Gasteiger partial charge in [0.15, 0.2) is 11.9 Å². The Kier molecular flexibility index (Phi) is 5.45. The molecule has 0 saturated carbocycles. The summed E-state index contributed by atoms with van der Waals surface area (Å²) in [5, 5.41) is 5.98. The van der Waals surface area contributed by atoms with Crippen LogP contribution in [0.3, 0.4) is 0 Å². The molecule has 0 aliphatic heterocycles. The lowest BCUT2D eigenvalue weighted by molar-refractivity contribution is -0.137. The van der Waals surface area contributed by atoms with Crippen molar-refractivity contribution in [1.29, 1.82) is 0 Å². The summed E-state index contributed by atoms with van der Waals surface area (Å²) in [4.78, 5) is 24.1. The van der Waals surface area contributed by atoms with E-state index in [1.54, 1.807) is 13.8 Å². The summed E-state index contributed by atoms with van der Waals surface area (Å²) in [7, 11) is 0. The van der Waals surface area contributed by atoms with Gasteiger partial charge in [0, 0.05) is 6.07 Å². The summed E-state index contributed by atoms with van der Waals surface area (Å²) in [5.41, 5.74) is -1.27. The molecule has 1 N–H and O–H groups in total. The van der Waals surface area contributed by atoms with Gasteiger partial charge in [-0.15, -0.1) is 0 Å². The quantitative estimate of drug-likeness (QED) is 0.828. The van der Waals surface area contributed by atoms with Crippen LogP contribution in [0.4, 0.5) is 19.0 Å². The van der Waals surface area contributed by atoms with Crippen LogP contribution >= 0.6 is 0 Å². The number of benzene rings is 1. The first kappa shape index (κ1) is 18.5. The number of hydrogen-bond acceptors (Lipinski definition) is 5. The Morgan fingerprint density at radius 2 is 2.04 bits per heavy atom. The van der Waals surface area contributed by atoms with E-state index in [0.29, 0.717) is 11.8 Å². The molecule has 2 rings (SSSR count). The third kappa shape index (κ3) is 4.82.